The smallest absolute Gasteiger partial charge is 0.244 e. The first-order valence-corrected chi connectivity index (χ1v) is 7.64. The van der Waals surface area contributed by atoms with Gasteiger partial charge in [0.05, 0.1) is 12.8 Å². The molecule has 0 aromatic heterocycles. The van der Waals surface area contributed by atoms with Crippen LogP contribution in [0.5, 0.6) is 5.75 Å². The maximum absolute atomic E-state index is 11.7. The SMILES string of the molecule is CCCCOCCCNC(=O)/C=C\c1ccc(OC)c(N)c1. The molecule has 1 aromatic rings. The van der Waals surface area contributed by atoms with Crippen LogP contribution in [-0.2, 0) is 9.53 Å². The lowest BCUT2D eigenvalue weighted by molar-refractivity contribution is -0.116. The number of hydrogen-bond donors (Lipinski definition) is 2. The molecule has 0 heterocycles. The Labute approximate surface area is 132 Å². The standard InChI is InChI=1S/C17H26N2O3/c1-3-4-11-22-12-5-10-19-17(20)9-7-14-6-8-16(21-2)15(18)13-14/h6-9,13H,3-5,10-12,18H2,1-2H3,(H,19,20)/b9-7-. The summed E-state index contributed by atoms with van der Waals surface area (Å²) in [5.41, 5.74) is 7.22. The lowest BCUT2D eigenvalue weighted by Crippen LogP contribution is -2.23. The Hall–Kier alpha value is -2.01. The molecule has 0 atom stereocenters. The number of anilines is 1. The van der Waals surface area contributed by atoms with Crippen LogP contribution >= 0.6 is 0 Å². The van der Waals surface area contributed by atoms with E-state index in [1.165, 1.54) is 6.08 Å². The van der Waals surface area contributed by atoms with Crippen LogP contribution in [0.25, 0.3) is 6.08 Å². The Kier molecular flexibility index (Phi) is 8.76. The number of carbonyl (C=O) groups excluding carboxylic acids is 1. The molecule has 0 saturated heterocycles. The largest absolute Gasteiger partial charge is 0.495 e. The van der Waals surface area contributed by atoms with E-state index in [4.69, 9.17) is 15.2 Å². The van der Waals surface area contributed by atoms with Crippen molar-refractivity contribution in [1.29, 1.82) is 0 Å². The van der Waals surface area contributed by atoms with Gasteiger partial charge in [-0.2, -0.15) is 0 Å². The molecular formula is C17H26N2O3. The molecule has 0 fully saturated rings. The third kappa shape index (κ3) is 7.13. The maximum Gasteiger partial charge on any atom is 0.244 e. The quantitative estimate of drug-likeness (QED) is 0.396. The van der Waals surface area contributed by atoms with Crippen molar-refractivity contribution in [2.75, 3.05) is 32.6 Å². The number of carbonyl (C=O) groups is 1. The summed E-state index contributed by atoms with van der Waals surface area (Å²) in [6.07, 6.45) is 6.26. The number of ether oxygens (including phenoxy) is 2. The van der Waals surface area contributed by atoms with Crippen molar-refractivity contribution < 1.29 is 14.3 Å². The normalized spacial score (nSPS) is 10.8. The number of unbranched alkanes of at least 4 members (excludes halogenated alkanes) is 1. The number of hydrogen-bond acceptors (Lipinski definition) is 4. The van der Waals surface area contributed by atoms with E-state index in [0.29, 0.717) is 24.6 Å². The van der Waals surface area contributed by atoms with Gasteiger partial charge in [0.1, 0.15) is 5.75 Å². The fourth-order valence-corrected chi connectivity index (χ4v) is 1.82. The molecule has 22 heavy (non-hydrogen) atoms. The molecule has 3 N–H and O–H groups in total. The topological polar surface area (TPSA) is 73.6 Å². The molecule has 1 aromatic carbocycles. The van der Waals surface area contributed by atoms with Crippen molar-refractivity contribution in [1.82, 2.24) is 5.32 Å². The van der Waals surface area contributed by atoms with Crippen LogP contribution in [0.15, 0.2) is 24.3 Å². The molecule has 0 aliphatic heterocycles. The number of nitrogen functional groups attached to an aromatic ring is 1. The number of rotatable bonds is 10. The van der Waals surface area contributed by atoms with Gasteiger partial charge in [-0.1, -0.05) is 19.4 Å². The number of nitrogens with two attached hydrogens (primary N) is 1. The van der Waals surface area contributed by atoms with E-state index in [1.807, 2.05) is 6.07 Å². The Morgan fingerprint density at radius 3 is 2.77 bits per heavy atom. The van der Waals surface area contributed by atoms with Crippen LogP contribution < -0.4 is 15.8 Å². The van der Waals surface area contributed by atoms with E-state index in [9.17, 15) is 4.79 Å². The highest BCUT2D eigenvalue weighted by atomic mass is 16.5. The van der Waals surface area contributed by atoms with Gasteiger partial charge < -0.3 is 20.5 Å². The van der Waals surface area contributed by atoms with Crippen molar-refractivity contribution >= 4 is 17.7 Å². The van der Waals surface area contributed by atoms with Gasteiger partial charge >= 0.3 is 0 Å². The Balaban J connectivity index is 2.25. The van der Waals surface area contributed by atoms with E-state index in [0.717, 1.165) is 31.4 Å². The first-order valence-electron chi connectivity index (χ1n) is 7.64. The molecule has 0 unspecified atom stereocenters. The minimum absolute atomic E-state index is 0.122. The van der Waals surface area contributed by atoms with Crippen LogP contribution in [0.3, 0.4) is 0 Å². The van der Waals surface area contributed by atoms with Gasteiger partial charge in [-0.25, -0.2) is 0 Å². The molecule has 1 rings (SSSR count). The monoisotopic (exact) mass is 306 g/mol. The van der Waals surface area contributed by atoms with Gasteiger partial charge in [0.2, 0.25) is 5.91 Å². The first-order chi connectivity index (χ1) is 10.7. The van der Waals surface area contributed by atoms with Crippen LogP contribution in [0, 0.1) is 0 Å². The van der Waals surface area contributed by atoms with E-state index in [1.54, 1.807) is 25.3 Å². The second kappa shape index (κ2) is 10.7. The van der Waals surface area contributed by atoms with E-state index in [-0.39, 0.29) is 5.91 Å². The Bertz CT molecular complexity index is 487. The Morgan fingerprint density at radius 2 is 2.09 bits per heavy atom. The van der Waals surface area contributed by atoms with E-state index in [2.05, 4.69) is 12.2 Å². The van der Waals surface area contributed by atoms with Gasteiger partial charge in [-0.3, -0.25) is 4.79 Å². The van der Waals surface area contributed by atoms with Gasteiger partial charge in [-0.15, -0.1) is 0 Å². The molecule has 0 bridgehead atoms. The number of methoxy groups -OCH3 is 1. The predicted molar refractivity (Wildman–Crippen MR) is 89.8 cm³/mol. The predicted octanol–water partition coefficient (Wildman–Crippen LogP) is 2.61. The van der Waals surface area contributed by atoms with Crippen molar-refractivity contribution in [3.8, 4) is 5.75 Å². The maximum atomic E-state index is 11.7. The van der Waals surface area contributed by atoms with Crippen molar-refractivity contribution in [2.45, 2.75) is 26.2 Å². The highest BCUT2D eigenvalue weighted by Crippen LogP contribution is 2.22. The third-order valence-electron chi connectivity index (χ3n) is 3.09. The second-order valence-electron chi connectivity index (χ2n) is 4.95. The van der Waals surface area contributed by atoms with Crippen LogP contribution in [-0.4, -0.2) is 32.8 Å². The highest BCUT2D eigenvalue weighted by molar-refractivity contribution is 5.91. The summed E-state index contributed by atoms with van der Waals surface area (Å²) in [5, 5.41) is 2.82. The van der Waals surface area contributed by atoms with Gasteiger partial charge in [0.25, 0.3) is 0 Å². The third-order valence-corrected chi connectivity index (χ3v) is 3.09. The fourth-order valence-electron chi connectivity index (χ4n) is 1.82. The van der Waals surface area contributed by atoms with Crippen molar-refractivity contribution in [3.05, 3.63) is 29.8 Å². The molecule has 0 radical (unpaired) electrons. The first kappa shape index (κ1) is 18.0. The summed E-state index contributed by atoms with van der Waals surface area (Å²) in [7, 11) is 1.57. The summed E-state index contributed by atoms with van der Waals surface area (Å²) in [4.78, 5) is 11.7. The number of benzene rings is 1. The molecule has 0 saturated carbocycles. The zero-order valence-electron chi connectivity index (χ0n) is 13.4. The van der Waals surface area contributed by atoms with Crippen LogP contribution in [0.2, 0.25) is 0 Å². The molecule has 1 amide bonds. The second-order valence-corrected chi connectivity index (χ2v) is 4.95. The Morgan fingerprint density at radius 1 is 1.32 bits per heavy atom. The van der Waals surface area contributed by atoms with E-state index < -0.39 is 0 Å². The average Bonchev–Trinajstić information content (AvgIpc) is 2.52. The van der Waals surface area contributed by atoms with Crippen LogP contribution in [0.1, 0.15) is 31.7 Å². The summed E-state index contributed by atoms with van der Waals surface area (Å²) in [5.74, 6) is 0.507. The molecule has 122 valence electrons. The van der Waals surface area contributed by atoms with Crippen molar-refractivity contribution in [3.63, 3.8) is 0 Å². The molecule has 0 aliphatic carbocycles. The van der Waals surface area contributed by atoms with Gasteiger partial charge in [-0.05, 0) is 36.6 Å². The summed E-state index contributed by atoms with van der Waals surface area (Å²) >= 11 is 0. The van der Waals surface area contributed by atoms with Gasteiger partial charge in [0, 0.05) is 25.8 Å². The minimum atomic E-state index is -0.122. The molecule has 5 heteroatoms. The van der Waals surface area contributed by atoms with E-state index >= 15 is 0 Å². The van der Waals surface area contributed by atoms with Crippen LogP contribution in [0.4, 0.5) is 5.69 Å². The fraction of sp³-hybridized carbons (Fsp3) is 0.471. The number of amides is 1. The molecule has 5 nitrogen and oxygen atoms in total. The molecular weight excluding hydrogens is 280 g/mol. The zero-order chi connectivity index (χ0) is 16.2. The lowest BCUT2D eigenvalue weighted by atomic mass is 10.1. The van der Waals surface area contributed by atoms with Crippen molar-refractivity contribution in [2.24, 2.45) is 0 Å². The molecule has 0 aliphatic rings. The lowest BCUT2D eigenvalue weighted by Gasteiger charge is -2.05. The molecule has 0 spiro atoms. The highest BCUT2D eigenvalue weighted by Gasteiger charge is 1.99. The van der Waals surface area contributed by atoms with Gasteiger partial charge in [0.15, 0.2) is 0 Å². The average molecular weight is 306 g/mol. The number of nitrogens with one attached hydrogen (secondary N) is 1. The zero-order valence-corrected chi connectivity index (χ0v) is 13.4. The summed E-state index contributed by atoms with van der Waals surface area (Å²) < 4.78 is 10.5. The summed E-state index contributed by atoms with van der Waals surface area (Å²) in [6.45, 7) is 4.22. The minimum Gasteiger partial charge on any atom is -0.495 e. The summed E-state index contributed by atoms with van der Waals surface area (Å²) in [6, 6.07) is 5.39.